The molecule has 1 atom stereocenters. The molecule has 94 valence electrons. The van der Waals surface area contributed by atoms with Crippen molar-refractivity contribution in [2.45, 2.75) is 32.2 Å². The molecule has 0 fully saturated rings. The molecule has 2 rings (SSSR count). The molecule has 0 spiro atoms. The van der Waals surface area contributed by atoms with Gasteiger partial charge in [-0.15, -0.1) is 0 Å². The summed E-state index contributed by atoms with van der Waals surface area (Å²) in [5.74, 6) is 0. The molecule has 0 aliphatic rings. The normalized spacial score (nSPS) is 13.3. The van der Waals surface area contributed by atoms with Crippen molar-refractivity contribution in [3.63, 3.8) is 0 Å². The summed E-state index contributed by atoms with van der Waals surface area (Å²) in [4.78, 5) is 0. The van der Waals surface area contributed by atoms with E-state index in [-0.39, 0.29) is 11.5 Å². The van der Waals surface area contributed by atoms with Gasteiger partial charge in [0.1, 0.15) is 0 Å². The molecule has 0 radical (unpaired) electrons. The molecule has 0 aromatic heterocycles. The van der Waals surface area contributed by atoms with Crippen molar-refractivity contribution in [2.75, 3.05) is 0 Å². The number of rotatable bonds is 3. The number of benzene rings is 2. The van der Waals surface area contributed by atoms with E-state index >= 15 is 0 Å². The molecule has 2 aromatic rings. The lowest BCUT2D eigenvalue weighted by Gasteiger charge is -2.33. The molecule has 0 amide bonds. The molecular weight excluding hydrogens is 218 g/mol. The van der Waals surface area contributed by atoms with Crippen LogP contribution < -0.4 is 5.73 Å². The van der Waals surface area contributed by atoms with Crippen LogP contribution in [0.5, 0.6) is 0 Å². The van der Waals surface area contributed by atoms with Crippen LogP contribution in [0.4, 0.5) is 0 Å². The fourth-order valence-electron chi connectivity index (χ4n) is 2.37. The van der Waals surface area contributed by atoms with Gasteiger partial charge >= 0.3 is 0 Å². The monoisotopic (exact) mass is 239 g/mol. The number of hydrogen-bond acceptors (Lipinski definition) is 1. The fraction of sp³-hybridized carbons (Fsp3) is 0.294. The Morgan fingerprint density at radius 3 is 2.06 bits per heavy atom. The average Bonchev–Trinajstić information content (AvgIpc) is 2.39. The van der Waals surface area contributed by atoms with Crippen LogP contribution in [0, 0.1) is 6.92 Å². The summed E-state index contributed by atoms with van der Waals surface area (Å²) in [5.41, 5.74) is 10.2. The Bertz CT molecular complexity index is 514. The second-order valence-corrected chi connectivity index (χ2v) is 5.42. The lowest BCUT2D eigenvalue weighted by Crippen LogP contribution is -2.33. The molecule has 1 heteroatoms. The SMILES string of the molecule is Cc1ccccc1C(N)C(C)(C)c1ccccc1. The highest BCUT2D eigenvalue weighted by atomic mass is 14.7. The Labute approximate surface area is 110 Å². The van der Waals surface area contributed by atoms with E-state index in [0.717, 1.165) is 0 Å². The summed E-state index contributed by atoms with van der Waals surface area (Å²) < 4.78 is 0. The van der Waals surface area contributed by atoms with Crippen molar-refractivity contribution < 1.29 is 0 Å². The Balaban J connectivity index is 2.39. The van der Waals surface area contributed by atoms with Gasteiger partial charge < -0.3 is 5.73 Å². The minimum Gasteiger partial charge on any atom is -0.323 e. The molecule has 1 nitrogen and oxygen atoms in total. The van der Waals surface area contributed by atoms with Gasteiger partial charge in [-0.2, -0.15) is 0 Å². The lowest BCUT2D eigenvalue weighted by molar-refractivity contribution is 0.419. The Morgan fingerprint density at radius 2 is 1.44 bits per heavy atom. The van der Waals surface area contributed by atoms with Crippen molar-refractivity contribution in [3.05, 3.63) is 71.3 Å². The predicted molar refractivity (Wildman–Crippen MR) is 77.6 cm³/mol. The van der Waals surface area contributed by atoms with Gasteiger partial charge in [-0.05, 0) is 23.6 Å². The third-order valence-electron chi connectivity index (χ3n) is 3.82. The predicted octanol–water partition coefficient (Wildman–Crippen LogP) is 3.97. The maximum absolute atomic E-state index is 6.51. The molecule has 0 heterocycles. The first-order valence-electron chi connectivity index (χ1n) is 6.40. The maximum Gasteiger partial charge on any atom is 0.0390 e. The molecule has 0 saturated heterocycles. The Hall–Kier alpha value is -1.60. The Morgan fingerprint density at radius 1 is 0.889 bits per heavy atom. The van der Waals surface area contributed by atoms with Gasteiger partial charge in [0.15, 0.2) is 0 Å². The van der Waals surface area contributed by atoms with Crippen molar-refractivity contribution in [3.8, 4) is 0 Å². The van der Waals surface area contributed by atoms with Gasteiger partial charge in [-0.25, -0.2) is 0 Å². The van der Waals surface area contributed by atoms with Gasteiger partial charge in [0.2, 0.25) is 0 Å². The first-order valence-corrected chi connectivity index (χ1v) is 6.40. The highest BCUT2D eigenvalue weighted by Crippen LogP contribution is 2.35. The van der Waals surface area contributed by atoms with E-state index in [1.807, 2.05) is 6.07 Å². The maximum atomic E-state index is 6.51. The van der Waals surface area contributed by atoms with E-state index < -0.39 is 0 Å². The second-order valence-electron chi connectivity index (χ2n) is 5.42. The zero-order chi connectivity index (χ0) is 13.2. The quantitative estimate of drug-likeness (QED) is 0.861. The highest BCUT2D eigenvalue weighted by Gasteiger charge is 2.30. The van der Waals surface area contributed by atoms with Crippen molar-refractivity contribution in [2.24, 2.45) is 5.73 Å². The summed E-state index contributed by atoms with van der Waals surface area (Å²) in [5, 5.41) is 0. The van der Waals surface area contributed by atoms with Crippen LogP contribution in [0.3, 0.4) is 0 Å². The minimum absolute atomic E-state index is 0.00102. The largest absolute Gasteiger partial charge is 0.323 e. The fourth-order valence-corrected chi connectivity index (χ4v) is 2.37. The van der Waals surface area contributed by atoms with Gasteiger partial charge in [0.25, 0.3) is 0 Å². The van der Waals surface area contributed by atoms with E-state index in [1.165, 1.54) is 16.7 Å². The van der Waals surface area contributed by atoms with E-state index in [4.69, 9.17) is 5.73 Å². The summed E-state index contributed by atoms with van der Waals surface area (Å²) in [6, 6.07) is 18.9. The molecule has 1 unspecified atom stereocenters. The van der Waals surface area contributed by atoms with E-state index in [2.05, 4.69) is 69.3 Å². The third-order valence-corrected chi connectivity index (χ3v) is 3.82. The average molecular weight is 239 g/mol. The molecule has 0 aliphatic heterocycles. The topological polar surface area (TPSA) is 26.0 Å². The van der Waals surface area contributed by atoms with Crippen LogP contribution in [0.25, 0.3) is 0 Å². The first-order chi connectivity index (χ1) is 8.53. The van der Waals surface area contributed by atoms with E-state index in [0.29, 0.717) is 0 Å². The van der Waals surface area contributed by atoms with Crippen LogP contribution in [0.1, 0.15) is 36.6 Å². The van der Waals surface area contributed by atoms with Crippen LogP contribution in [-0.4, -0.2) is 0 Å². The van der Waals surface area contributed by atoms with Gasteiger partial charge in [-0.3, -0.25) is 0 Å². The summed E-state index contributed by atoms with van der Waals surface area (Å²) in [7, 11) is 0. The van der Waals surface area contributed by atoms with Gasteiger partial charge in [0.05, 0.1) is 0 Å². The van der Waals surface area contributed by atoms with Crippen LogP contribution in [-0.2, 0) is 5.41 Å². The third kappa shape index (κ3) is 2.32. The van der Waals surface area contributed by atoms with Gasteiger partial charge in [-0.1, -0.05) is 68.4 Å². The smallest absolute Gasteiger partial charge is 0.0390 e. The van der Waals surface area contributed by atoms with E-state index in [1.54, 1.807) is 0 Å². The summed E-state index contributed by atoms with van der Waals surface area (Å²) in [6.07, 6.45) is 0. The van der Waals surface area contributed by atoms with Crippen molar-refractivity contribution in [1.29, 1.82) is 0 Å². The van der Waals surface area contributed by atoms with Crippen LogP contribution >= 0.6 is 0 Å². The zero-order valence-electron chi connectivity index (χ0n) is 11.4. The molecule has 0 saturated carbocycles. The summed E-state index contributed by atoms with van der Waals surface area (Å²) in [6.45, 7) is 6.54. The zero-order valence-corrected chi connectivity index (χ0v) is 11.4. The minimum atomic E-state index is -0.0760. The summed E-state index contributed by atoms with van der Waals surface area (Å²) >= 11 is 0. The highest BCUT2D eigenvalue weighted by molar-refractivity contribution is 5.35. The molecule has 0 aliphatic carbocycles. The molecular formula is C17H21N. The number of nitrogens with two attached hydrogens (primary N) is 1. The van der Waals surface area contributed by atoms with Crippen molar-refractivity contribution >= 4 is 0 Å². The van der Waals surface area contributed by atoms with Gasteiger partial charge in [0, 0.05) is 11.5 Å². The van der Waals surface area contributed by atoms with E-state index in [9.17, 15) is 0 Å². The standard InChI is InChI=1S/C17H21N/c1-13-9-7-8-12-15(13)16(18)17(2,3)14-10-5-4-6-11-14/h4-12,16H,18H2,1-3H3. The van der Waals surface area contributed by atoms with Crippen LogP contribution in [0.2, 0.25) is 0 Å². The second kappa shape index (κ2) is 4.95. The molecule has 0 bridgehead atoms. The molecule has 2 aromatic carbocycles. The molecule has 18 heavy (non-hydrogen) atoms. The first kappa shape index (κ1) is 12.8. The Kier molecular flexibility index (Phi) is 3.53. The molecule has 2 N–H and O–H groups in total. The lowest BCUT2D eigenvalue weighted by atomic mass is 9.74. The van der Waals surface area contributed by atoms with Crippen molar-refractivity contribution in [1.82, 2.24) is 0 Å². The number of aryl methyl sites for hydroxylation is 1. The van der Waals surface area contributed by atoms with Crippen LogP contribution in [0.15, 0.2) is 54.6 Å². The number of hydrogen-bond donors (Lipinski definition) is 1.